The molecule has 0 bridgehead atoms. The second kappa shape index (κ2) is 11.9. The summed E-state index contributed by atoms with van der Waals surface area (Å²) in [6.45, 7) is 6.11. The van der Waals surface area contributed by atoms with Crippen LogP contribution in [0.4, 0.5) is 5.69 Å². The number of ether oxygens (including phenoxy) is 1. The molecule has 0 spiro atoms. The zero-order chi connectivity index (χ0) is 24.1. The Labute approximate surface area is 215 Å². The number of carbonyl (C=O) groups excluding carboxylic acids is 3. The van der Waals surface area contributed by atoms with Crippen molar-refractivity contribution < 1.29 is 19.1 Å². The predicted octanol–water partition coefficient (Wildman–Crippen LogP) is 2.99. The van der Waals surface area contributed by atoms with E-state index in [1.807, 2.05) is 6.07 Å². The highest BCUT2D eigenvalue weighted by molar-refractivity contribution is 14.1. The number of amides is 1. The van der Waals surface area contributed by atoms with Crippen LogP contribution in [0, 0.1) is 9.49 Å². The lowest BCUT2D eigenvalue weighted by Gasteiger charge is -2.44. The Morgan fingerprint density at radius 3 is 2.88 bits per heavy atom. The molecule has 1 aromatic rings. The number of aldehydes is 2. The molecule has 9 heteroatoms. The highest BCUT2D eigenvalue weighted by atomic mass is 127. The molecular weight excluding hydrogens is 547 g/mol. The number of halogens is 1. The van der Waals surface area contributed by atoms with E-state index in [-0.39, 0.29) is 18.6 Å². The molecule has 3 heterocycles. The summed E-state index contributed by atoms with van der Waals surface area (Å²) >= 11 is 2.27. The zero-order valence-corrected chi connectivity index (χ0v) is 22.0. The van der Waals surface area contributed by atoms with Crippen LogP contribution in [0.2, 0.25) is 0 Å². The highest BCUT2D eigenvalue weighted by Gasteiger charge is 2.41. The van der Waals surface area contributed by atoms with E-state index in [9.17, 15) is 14.4 Å². The summed E-state index contributed by atoms with van der Waals surface area (Å²) < 4.78 is 6.80. The smallest absolute Gasteiger partial charge is 0.255 e. The van der Waals surface area contributed by atoms with Crippen LogP contribution in [0.5, 0.6) is 0 Å². The van der Waals surface area contributed by atoms with Crippen LogP contribution >= 0.6 is 22.6 Å². The molecule has 3 aliphatic rings. The van der Waals surface area contributed by atoms with Crippen molar-refractivity contribution in [3.05, 3.63) is 26.8 Å². The molecule has 4 unspecified atom stereocenters. The van der Waals surface area contributed by atoms with Gasteiger partial charge in [0.1, 0.15) is 18.9 Å². The first-order chi connectivity index (χ1) is 16.6. The summed E-state index contributed by atoms with van der Waals surface area (Å²) in [5.41, 5.74) is 2.48. The van der Waals surface area contributed by atoms with Crippen molar-refractivity contribution in [2.45, 2.75) is 70.4 Å². The van der Waals surface area contributed by atoms with Crippen molar-refractivity contribution in [2.75, 3.05) is 31.6 Å². The number of nitrogens with zero attached hydrogens (tertiary/aromatic N) is 2. The second-order valence-corrected chi connectivity index (χ2v) is 10.6. The molecule has 1 aromatic carbocycles. The largest absolute Gasteiger partial charge is 0.379 e. The third kappa shape index (κ3) is 5.47. The summed E-state index contributed by atoms with van der Waals surface area (Å²) in [5, 5.41) is 7.28. The van der Waals surface area contributed by atoms with Gasteiger partial charge >= 0.3 is 0 Å². The molecule has 34 heavy (non-hydrogen) atoms. The fourth-order valence-corrected chi connectivity index (χ4v) is 6.10. The number of rotatable bonds is 12. The number of unbranched alkanes of at least 4 members (excludes halogenated alkanes) is 3. The molecule has 186 valence electrons. The minimum Gasteiger partial charge on any atom is -0.379 e. The Balaban J connectivity index is 1.50. The van der Waals surface area contributed by atoms with Crippen molar-refractivity contribution in [3.8, 4) is 0 Å². The Morgan fingerprint density at radius 2 is 2.12 bits per heavy atom. The Bertz CT molecular complexity index is 898. The molecule has 0 saturated carbocycles. The van der Waals surface area contributed by atoms with Crippen LogP contribution in [0.25, 0.3) is 0 Å². The molecule has 8 nitrogen and oxygen atoms in total. The SMILES string of the molecule is CCCCCCN1C(Nc2cc(I)c3c(c2)C(=O)N(C(C=O)CCC=O)C3)NCC2COCC21. The lowest BCUT2D eigenvalue weighted by molar-refractivity contribution is -0.112. The van der Waals surface area contributed by atoms with Gasteiger partial charge in [0.2, 0.25) is 0 Å². The number of benzene rings is 1. The van der Waals surface area contributed by atoms with Gasteiger partial charge in [-0.2, -0.15) is 0 Å². The number of anilines is 1. The van der Waals surface area contributed by atoms with Crippen molar-refractivity contribution >= 4 is 46.8 Å². The first kappa shape index (κ1) is 25.5. The van der Waals surface area contributed by atoms with Crippen molar-refractivity contribution in [1.29, 1.82) is 0 Å². The molecule has 2 saturated heterocycles. The van der Waals surface area contributed by atoms with E-state index in [1.165, 1.54) is 19.3 Å². The van der Waals surface area contributed by atoms with E-state index in [1.54, 1.807) is 4.90 Å². The minimum atomic E-state index is -0.574. The summed E-state index contributed by atoms with van der Waals surface area (Å²) in [6.07, 6.45) is 7.01. The van der Waals surface area contributed by atoms with E-state index in [2.05, 4.69) is 51.1 Å². The van der Waals surface area contributed by atoms with Gasteiger partial charge in [0.15, 0.2) is 0 Å². The molecule has 1 amide bonds. The minimum absolute atomic E-state index is 0.0265. The highest BCUT2D eigenvalue weighted by Crippen LogP contribution is 2.33. The monoisotopic (exact) mass is 582 g/mol. The zero-order valence-electron chi connectivity index (χ0n) is 19.8. The Morgan fingerprint density at radius 1 is 1.26 bits per heavy atom. The first-order valence-electron chi connectivity index (χ1n) is 12.4. The summed E-state index contributed by atoms with van der Waals surface area (Å²) in [7, 11) is 0. The molecule has 2 N–H and O–H groups in total. The number of hydrogen-bond acceptors (Lipinski definition) is 7. The predicted molar refractivity (Wildman–Crippen MR) is 139 cm³/mol. The fraction of sp³-hybridized carbons (Fsp3) is 0.640. The van der Waals surface area contributed by atoms with Crippen LogP contribution in [0.1, 0.15) is 61.4 Å². The van der Waals surface area contributed by atoms with E-state index < -0.39 is 6.04 Å². The molecule has 4 rings (SSSR count). The van der Waals surface area contributed by atoms with Gasteiger partial charge in [-0.05, 0) is 53.1 Å². The number of nitrogens with one attached hydrogen (secondary N) is 2. The van der Waals surface area contributed by atoms with Crippen molar-refractivity contribution in [3.63, 3.8) is 0 Å². The lowest BCUT2D eigenvalue weighted by Crippen LogP contribution is -2.63. The molecule has 0 radical (unpaired) electrons. The lowest BCUT2D eigenvalue weighted by atomic mass is 9.99. The standard InChI is InChI=1S/C25H35IN4O4/c1-2-3-4-5-8-29-23-16-34-15-17(23)12-27-25(29)28-18-10-20-21(22(26)11-18)13-30(24(20)33)19(14-32)7-6-9-31/h9-11,14,17,19,23,25,27-28H,2-8,12-13,15-16H2,1H3. The third-order valence-electron chi connectivity index (χ3n) is 7.22. The van der Waals surface area contributed by atoms with Crippen molar-refractivity contribution in [1.82, 2.24) is 15.1 Å². The summed E-state index contributed by atoms with van der Waals surface area (Å²) in [4.78, 5) is 39.7. The maximum atomic E-state index is 13.2. The maximum absolute atomic E-state index is 13.2. The quantitative estimate of drug-likeness (QED) is 0.223. The first-order valence-corrected chi connectivity index (χ1v) is 13.5. The average molecular weight is 582 g/mol. The van der Waals surface area contributed by atoms with Gasteiger partial charge in [-0.15, -0.1) is 0 Å². The van der Waals surface area contributed by atoms with Crippen LogP contribution in [0.3, 0.4) is 0 Å². The molecule has 4 atom stereocenters. The van der Waals surface area contributed by atoms with Crippen molar-refractivity contribution in [2.24, 2.45) is 5.92 Å². The second-order valence-electron chi connectivity index (χ2n) is 9.48. The number of hydrogen-bond donors (Lipinski definition) is 2. The van der Waals surface area contributed by atoms with Gasteiger partial charge in [0, 0.05) is 52.8 Å². The summed E-state index contributed by atoms with van der Waals surface area (Å²) in [5.74, 6) is 0.364. The van der Waals surface area contributed by atoms with Gasteiger partial charge in [-0.1, -0.05) is 26.2 Å². The van der Waals surface area contributed by atoms with Gasteiger partial charge < -0.3 is 24.5 Å². The Hall–Kier alpha value is -1.56. The van der Waals surface area contributed by atoms with Crippen LogP contribution in [0.15, 0.2) is 12.1 Å². The van der Waals surface area contributed by atoms with Gasteiger partial charge in [-0.3, -0.25) is 15.0 Å². The van der Waals surface area contributed by atoms with Crippen LogP contribution in [-0.4, -0.2) is 73.0 Å². The normalized spacial score (nSPS) is 25.2. The number of carbonyl (C=O) groups is 3. The Kier molecular flexibility index (Phi) is 8.95. The molecule has 0 aromatic heterocycles. The molecule has 2 fully saturated rings. The molecular formula is C25H35IN4O4. The van der Waals surface area contributed by atoms with Gasteiger partial charge in [0.05, 0.1) is 19.3 Å². The molecule has 0 aliphatic carbocycles. The van der Waals surface area contributed by atoms with Crippen LogP contribution in [-0.2, 0) is 20.9 Å². The molecule has 3 aliphatic heterocycles. The van der Waals surface area contributed by atoms with Gasteiger partial charge in [0.25, 0.3) is 5.91 Å². The number of fused-ring (bicyclic) bond motifs is 2. The maximum Gasteiger partial charge on any atom is 0.255 e. The van der Waals surface area contributed by atoms with E-state index in [0.29, 0.717) is 30.5 Å². The van der Waals surface area contributed by atoms with E-state index >= 15 is 0 Å². The average Bonchev–Trinajstić information content (AvgIpc) is 3.44. The van der Waals surface area contributed by atoms with Crippen LogP contribution < -0.4 is 10.6 Å². The third-order valence-corrected chi connectivity index (χ3v) is 8.18. The van der Waals surface area contributed by atoms with E-state index in [0.717, 1.165) is 60.1 Å². The summed E-state index contributed by atoms with van der Waals surface area (Å²) in [6, 6.07) is 3.81. The topological polar surface area (TPSA) is 91.0 Å². The fourth-order valence-electron chi connectivity index (χ4n) is 5.30. The van der Waals surface area contributed by atoms with Gasteiger partial charge in [-0.25, -0.2) is 0 Å². The van der Waals surface area contributed by atoms with E-state index in [4.69, 9.17) is 4.74 Å².